The molecule has 0 saturated carbocycles. The van der Waals surface area contributed by atoms with Gasteiger partial charge < -0.3 is 19.9 Å². The zero-order valence-electron chi connectivity index (χ0n) is 11.2. The second kappa shape index (κ2) is 7.59. The number of hydrogen-bond donors (Lipinski definition) is 2. The van der Waals surface area contributed by atoms with Gasteiger partial charge in [-0.05, 0) is 18.6 Å². The molecule has 0 bridgehead atoms. The van der Waals surface area contributed by atoms with Crippen molar-refractivity contribution < 1.29 is 24.2 Å². The maximum atomic E-state index is 11.4. The molecule has 0 saturated heterocycles. The summed E-state index contributed by atoms with van der Waals surface area (Å²) in [5, 5.41) is 11.6. The standard InChI is InChI=1S/C13H16ClNO5/c1-3-4-15-11(16)7-20-12-9(14)5-8(13(17)18)6-10(12)19-2/h5-6H,3-4,7H2,1-2H3,(H,15,16)(H,17,18). The van der Waals surface area contributed by atoms with Gasteiger partial charge in [-0.25, -0.2) is 4.79 Å². The van der Waals surface area contributed by atoms with Crippen LogP contribution in [0.1, 0.15) is 23.7 Å². The number of methoxy groups -OCH3 is 1. The Balaban J connectivity index is 2.84. The lowest BCUT2D eigenvalue weighted by atomic mass is 10.2. The van der Waals surface area contributed by atoms with E-state index in [0.29, 0.717) is 6.54 Å². The van der Waals surface area contributed by atoms with Gasteiger partial charge in [-0.1, -0.05) is 18.5 Å². The fourth-order valence-electron chi connectivity index (χ4n) is 1.44. The molecule has 6 nitrogen and oxygen atoms in total. The number of hydrogen-bond acceptors (Lipinski definition) is 4. The van der Waals surface area contributed by atoms with Crippen LogP contribution in [-0.2, 0) is 4.79 Å². The molecular weight excluding hydrogens is 286 g/mol. The Morgan fingerprint density at radius 3 is 2.65 bits per heavy atom. The predicted molar refractivity (Wildman–Crippen MR) is 73.8 cm³/mol. The third kappa shape index (κ3) is 4.31. The number of benzene rings is 1. The van der Waals surface area contributed by atoms with Crippen LogP contribution in [0.5, 0.6) is 11.5 Å². The highest BCUT2D eigenvalue weighted by Gasteiger charge is 2.16. The van der Waals surface area contributed by atoms with Crippen LogP contribution in [0.25, 0.3) is 0 Å². The summed E-state index contributed by atoms with van der Waals surface area (Å²) in [5.41, 5.74) is -0.0189. The molecule has 0 aromatic heterocycles. The lowest BCUT2D eigenvalue weighted by molar-refractivity contribution is -0.123. The molecule has 0 spiro atoms. The summed E-state index contributed by atoms with van der Waals surface area (Å²) < 4.78 is 10.3. The van der Waals surface area contributed by atoms with Gasteiger partial charge in [0, 0.05) is 6.54 Å². The predicted octanol–water partition coefficient (Wildman–Crippen LogP) is 1.95. The van der Waals surface area contributed by atoms with Crippen LogP contribution in [0.15, 0.2) is 12.1 Å². The lowest BCUT2D eigenvalue weighted by Gasteiger charge is -2.13. The van der Waals surface area contributed by atoms with E-state index in [1.165, 1.54) is 19.2 Å². The first-order chi connectivity index (χ1) is 9.49. The van der Waals surface area contributed by atoms with E-state index in [1.807, 2.05) is 6.92 Å². The second-order valence-corrected chi connectivity index (χ2v) is 4.34. The number of carboxylic acid groups (broad SMARTS) is 1. The number of halogens is 1. The van der Waals surface area contributed by atoms with Crippen LogP contribution in [0, 0.1) is 0 Å². The minimum Gasteiger partial charge on any atom is -0.493 e. The molecule has 7 heteroatoms. The van der Waals surface area contributed by atoms with Crippen LogP contribution >= 0.6 is 11.6 Å². The first kappa shape index (κ1) is 16.1. The summed E-state index contributed by atoms with van der Waals surface area (Å²) in [6.07, 6.45) is 0.823. The SMILES string of the molecule is CCCNC(=O)COc1c(Cl)cc(C(=O)O)cc1OC. The molecule has 0 aliphatic heterocycles. The van der Waals surface area contributed by atoms with E-state index in [2.05, 4.69) is 5.32 Å². The lowest BCUT2D eigenvalue weighted by Crippen LogP contribution is -2.29. The van der Waals surface area contributed by atoms with Crippen LogP contribution in [-0.4, -0.2) is 37.2 Å². The minimum atomic E-state index is -1.13. The highest BCUT2D eigenvalue weighted by molar-refractivity contribution is 6.32. The van der Waals surface area contributed by atoms with Crippen molar-refractivity contribution in [2.24, 2.45) is 0 Å². The Hall–Kier alpha value is -1.95. The van der Waals surface area contributed by atoms with Crippen molar-refractivity contribution in [2.45, 2.75) is 13.3 Å². The number of aromatic carboxylic acids is 1. The molecule has 2 N–H and O–H groups in total. The van der Waals surface area contributed by atoms with Crippen LogP contribution in [0.3, 0.4) is 0 Å². The molecule has 0 fully saturated rings. The summed E-state index contributed by atoms with van der Waals surface area (Å²) >= 11 is 5.95. The summed E-state index contributed by atoms with van der Waals surface area (Å²) in [4.78, 5) is 22.3. The molecule has 1 aromatic rings. The van der Waals surface area contributed by atoms with Crippen molar-refractivity contribution in [2.75, 3.05) is 20.3 Å². The zero-order chi connectivity index (χ0) is 15.1. The molecule has 1 rings (SSSR count). The molecule has 1 amide bonds. The largest absolute Gasteiger partial charge is 0.493 e. The molecule has 0 radical (unpaired) electrons. The normalized spacial score (nSPS) is 9.95. The number of carboxylic acids is 1. The fraction of sp³-hybridized carbons (Fsp3) is 0.385. The summed E-state index contributed by atoms with van der Waals surface area (Å²) in [6.45, 7) is 2.28. The van der Waals surface area contributed by atoms with E-state index in [1.54, 1.807) is 0 Å². The maximum Gasteiger partial charge on any atom is 0.335 e. The molecule has 0 unspecified atom stereocenters. The Bertz CT molecular complexity index is 504. The number of rotatable bonds is 7. The van der Waals surface area contributed by atoms with E-state index in [-0.39, 0.29) is 34.6 Å². The average molecular weight is 302 g/mol. The van der Waals surface area contributed by atoms with Gasteiger partial charge in [0.25, 0.3) is 5.91 Å². The first-order valence-corrected chi connectivity index (χ1v) is 6.37. The topological polar surface area (TPSA) is 84.9 Å². The monoisotopic (exact) mass is 301 g/mol. The molecule has 1 aromatic carbocycles. The summed E-state index contributed by atoms with van der Waals surface area (Å²) in [5.74, 6) is -1.10. The third-order valence-electron chi connectivity index (χ3n) is 2.40. The zero-order valence-corrected chi connectivity index (χ0v) is 12.0. The number of carbonyl (C=O) groups is 2. The van der Waals surface area contributed by atoms with E-state index >= 15 is 0 Å². The number of ether oxygens (including phenoxy) is 2. The number of amides is 1. The quantitative estimate of drug-likeness (QED) is 0.804. The molecular formula is C13H16ClNO5. The smallest absolute Gasteiger partial charge is 0.335 e. The Morgan fingerprint density at radius 2 is 2.10 bits per heavy atom. The Labute approximate surface area is 121 Å². The van der Waals surface area contributed by atoms with Crippen molar-refractivity contribution in [3.8, 4) is 11.5 Å². The highest BCUT2D eigenvalue weighted by Crippen LogP contribution is 2.36. The van der Waals surface area contributed by atoms with Gasteiger partial charge in [-0.2, -0.15) is 0 Å². The Morgan fingerprint density at radius 1 is 1.40 bits per heavy atom. The van der Waals surface area contributed by atoms with Crippen molar-refractivity contribution in [1.29, 1.82) is 0 Å². The van der Waals surface area contributed by atoms with Crippen molar-refractivity contribution in [3.05, 3.63) is 22.7 Å². The fourth-order valence-corrected chi connectivity index (χ4v) is 1.70. The van der Waals surface area contributed by atoms with Gasteiger partial charge >= 0.3 is 5.97 Å². The van der Waals surface area contributed by atoms with Crippen molar-refractivity contribution >= 4 is 23.5 Å². The molecule has 0 atom stereocenters. The van der Waals surface area contributed by atoms with Gasteiger partial charge in [0.1, 0.15) is 0 Å². The number of nitrogens with one attached hydrogen (secondary N) is 1. The average Bonchev–Trinajstić information content (AvgIpc) is 2.42. The van der Waals surface area contributed by atoms with Crippen LogP contribution in [0.4, 0.5) is 0 Å². The molecule has 110 valence electrons. The van der Waals surface area contributed by atoms with Gasteiger partial charge in [0.05, 0.1) is 17.7 Å². The molecule has 20 heavy (non-hydrogen) atoms. The highest BCUT2D eigenvalue weighted by atomic mass is 35.5. The molecule has 0 aliphatic rings. The minimum absolute atomic E-state index is 0.0189. The van der Waals surface area contributed by atoms with E-state index in [0.717, 1.165) is 6.42 Å². The summed E-state index contributed by atoms with van der Waals surface area (Å²) in [7, 11) is 1.36. The van der Waals surface area contributed by atoms with Gasteiger partial charge in [0.15, 0.2) is 18.1 Å². The van der Waals surface area contributed by atoms with Crippen LogP contribution in [0.2, 0.25) is 5.02 Å². The van der Waals surface area contributed by atoms with Gasteiger partial charge in [-0.15, -0.1) is 0 Å². The van der Waals surface area contributed by atoms with Gasteiger partial charge in [0.2, 0.25) is 0 Å². The second-order valence-electron chi connectivity index (χ2n) is 3.93. The van der Waals surface area contributed by atoms with Gasteiger partial charge in [-0.3, -0.25) is 4.79 Å². The van der Waals surface area contributed by atoms with E-state index < -0.39 is 5.97 Å². The number of carbonyl (C=O) groups excluding carboxylic acids is 1. The molecule has 0 heterocycles. The van der Waals surface area contributed by atoms with Crippen molar-refractivity contribution in [3.63, 3.8) is 0 Å². The van der Waals surface area contributed by atoms with E-state index in [4.69, 9.17) is 26.2 Å². The molecule has 0 aliphatic carbocycles. The van der Waals surface area contributed by atoms with Crippen molar-refractivity contribution in [1.82, 2.24) is 5.32 Å². The first-order valence-electron chi connectivity index (χ1n) is 5.99. The third-order valence-corrected chi connectivity index (χ3v) is 2.68. The van der Waals surface area contributed by atoms with Crippen LogP contribution < -0.4 is 14.8 Å². The maximum absolute atomic E-state index is 11.4. The van der Waals surface area contributed by atoms with E-state index in [9.17, 15) is 9.59 Å². The summed E-state index contributed by atoms with van der Waals surface area (Å²) in [6, 6.07) is 2.53. The Kier molecular flexibility index (Phi) is 6.11.